The summed E-state index contributed by atoms with van der Waals surface area (Å²) < 4.78 is 0. The summed E-state index contributed by atoms with van der Waals surface area (Å²) in [7, 11) is 3.81. The Morgan fingerprint density at radius 3 is 2.14 bits per heavy atom. The van der Waals surface area contributed by atoms with Gasteiger partial charge >= 0.3 is 0 Å². The summed E-state index contributed by atoms with van der Waals surface area (Å²) in [5.74, 6) is 0.189. The monoisotopic (exact) mass is 194 g/mol. The van der Waals surface area contributed by atoms with Gasteiger partial charge in [-0.15, -0.1) is 0 Å². The summed E-state index contributed by atoms with van der Waals surface area (Å²) in [4.78, 5) is 16.9. The molecule has 1 rings (SSSR count). The highest BCUT2D eigenvalue weighted by Crippen LogP contribution is 2.17. The van der Waals surface area contributed by atoms with Crippen molar-refractivity contribution in [1.29, 1.82) is 0 Å². The number of aromatic amines is 1. The molecular weight excluding hydrogens is 176 g/mol. The number of carbonyl (C=O) groups is 1. The number of H-pyrrole nitrogens is 1. The molecule has 0 amide bonds. The summed E-state index contributed by atoms with van der Waals surface area (Å²) in [5, 5.41) is 0. The highest BCUT2D eigenvalue weighted by Gasteiger charge is 2.16. The number of nitrogens with zero attached hydrogens (tertiary/aromatic N) is 1. The molecule has 3 heteroatoms. The van der Waals surface area contributed by atoms with Crippen molar-refractivity contribution in [3.63, 3.8) is 0 Å². The number of ketones is 1. The number of aromatic nitrogens is 1. The van der Waals surface area contributed by atoms with Gasteiger partial charge in [0.05, 0.1) is 6.54 Å². The molecule has 3 nitrogen and oxygen atoms in total. The van der Waals surface area contributed by atoms with Crippen LogP contribution in [0.2, 0.25) is 0 Å². The van der Waals surface area contributed by atoms with Crippen molar-refractivity contribution in [1.82, 2.24) is 9.88 Å². The van der Waals surface area contributed by atoms with Gasteiger partial charge in [-0.05, 0) is 40.4 Å². The summed E-state index contributed by atoms with van der Waals surface area (Å²) in [6.07, 6.45) is 0. The van der Waals surface area contributed by atoms with Gasteiger partial charge in [0.2, 0.25) is 0 Å². The Bertz CT molecular complexity index is 350. The second kappa shape index (κ2) is 3.96. The van der Waals surface area contributed by atoms with Gasteiger partial charge in [-0.3, -0.25) is 4.79 Å². The lowest BCUT2D eigenvalue weighted by Gasteiger charge is -2.08. The number of nitrogens with one attached hydrogen (secondary N) is 1. The van der Waals surface area contributed by atoms with Crippen molar-refractivity contribution in [3.8, 4) is 0 Å². The zero-order chi connectivity index (χ0) is 10.9. The van der Waals surface area contributed by atoms with E-state index in [1.54, 1.807) is 0 Å². The van der Waals surface area contributed by atoms with Crippen LogP contribution in [0.4, 0.5) is 0 Å². The van der Waals surface area contributed by atoms with E-state index in [0.717, 1.165) is 22.5 Å². The zero-order valence-corrected chi connectivity index (χ0v) is 9.56. The van der Waals surface area contributed by atoms with Crippen molar-refractivity contribution in [3.05, 3.63) is 22.5 Å². The SMILES string of the molecule is Cc1[nH]c(C)c(C(=O)CN(C)C)c1C. The second-order valence-corrected chi connectivity index (χ2v) is 4.04. The van der Waals surface area contributed by atoms with Gasteiger partial charge in [-0.25, -0.2) is 0 Å². The minimum Gasteiger partial charge on any atom is -0.362 e. The van der Waals surface area contributed by atoms with E-state index in [1.165, 1.54) is 0 Å². The van der Waals surface area contributed by atoms with Gasteiger partial charge in [-0.2, -0.15) is 0 Å². The topological polar surface area (TPSA) is 36.1 Å². The van der Waals surface area contributed by atoms with Crippen LogP contribution < -0.4 is 0 Å². The average Bonchev–Trinajstić information content (AvgIpc) is 2.25. The van der Waals surface area contributed by atoms with Crippen molar-refractivity contribution in [2.24, 2.45) is 0 Å². The molecule has 78 valence electrons. The van der Waals surface area contributed by atoms with Crippen LogP contribution in [-0.4, -0.2) is 36.3 Å². The molecule has 1 aromatic heterocycles. The Hall–Kier alpha value is -1.09. The molecule has 0 bridgehead atoms. The molecule has 0 saturated heterocycles. The van der Waals surface area contributed by atoms with Gasteiger partial charge in [-0.1, -0.05) is 0 Å². The first-order valence-electron chi connectivity index (χ1n) is 4.77. The fourth-order valence-corrected chi connectivity index (χ4v) is 1.69. The Labute approximate surface area is 85.1 Å². The highest BCUT2D eigenvalue weighted by molar-refractivity contribution is 6.00. The molecule has 0 spiro atoms. The van der Waals surface area contributed by atoms with Crippen LogP contribution in [0.25, 0.3) is 0 Å². The first-order chi connectivity index (χ1) is 6.43. The zero-order valence-electron chi connectivity index (χ0n) is 9.56. The summed E-state index contributed by atoms with van der Waals surface area (Å²) in [6.45, 7) is 6.40. The fraction of sp³-hybridized carbons (Fsp3) is 0.545. The van der Waals surface area contributed by atoms with Crippen LogP contribution in [0, 0.1) is 20.8 Å². The predicted molar refractivity (Wildman–Crippen MR) is 57.9 cm³/mol. The van der Waals surface area contributed by atoms with E-state index in [0.29, 0.717) is 6.54 Å². The first kappa shape index (κ1) is 11.0. The summed E-state index contributed by atoms with van der Waals surface area (Å²) in [6, 6.07) is 0. The molecule has 0 saturated carbocycles. The maximum absolute atomic E-state index is 11.8. The third-order valence-corrected chi connectivity index (χ3v) is 2.43. The number of Topliss-reactive ketones (excluding diaryl/α,β-unsaturated/α-hetero) is 1. The third kappa shape index (κ3) is 2.04. The van der Waals surface area contributed by atoms with E-state index in [-0.39, 0.29) is 5.78 Å². The molecule has 0 atom stereocenters. The van der Waals surface area contributed by atoms with Gasteiger partial charge in [0, 0.05) is 17.0 Å². The number of hydrogen-bond donors (Lipinski definition) is 1. The minimum atomic E-state index is 0.189. The molecule has 0 unspecified atom stereocenters. The van der Waals surface area contributed by atoms with Crippen LogP contribution in [0.5, 0.6) is 0 Å². The standard InChI is InChI=1S/C11H18N2O/c1-7-8(2)12-9(3)11(7)10(14)6-13(4)5/h12H,6H2,1-5H3. The van der Waals surface area contributed by atoms with Crippen LogP contribution in [-0.2, 0) is 0 Å². The van der Waals surface area contributed by atoms with E-state index >= 15 is 0 Å². The van der Waals surface area contributed by atoms with Crippen LogP contribution >= 0.6 is 0 Å². The van der Waals surface area contributed by atoms with Gasteiger partial charge in [0.1, 0.15) is 0 Å². The molecule has 0 aliphatic heterocycles. The summed E-state index contributed by atoms with van der Waals surface area (Å²) >= 11 is 0. The molecule has 0 aliphatic rings. The Balaban J connectivity index is 3.00. The van der Waals surface area contributed by atoms with E-state index in [1.807, 2.05) is 39.8 Å². The lowest BCUT2D eigenvalue weighted by atomic mass is 10.1. The molecule has 0 radical (unpaired) electrons. The fourth-order valence-electron chi connectivity index (χ4n) is 1.69. The number of carbonyl (C=O) groups excluding carboxylic acids is 1. The van der Waals surface area contributed by atoms with E-state index in [4.69, 9.17) is 0 Å². The van der Waals surface area contributed by atoms with Crippen molar-refractivity contribution < 1.29 is 4.79 Å². The lowest BCUT2D eigenvalue weighted by molar-refractivity contribution is 0.0957. The Morgan fingerprint density at radius 2 is 1.79 bits per heavy atom. The van der Waals surface area contributed by atoms with Crippen LogP contribution in [0.15, 0.2) is 0 Å². The van der Waals surface area contributed by atoms with Gasteiger partial charge < -0.3 is 9.88 Å². The molecule has 0 aliphatic carbocycles. The third-order valence-electron chi connectivity index (χ3n) is 2.43. The number of likely N-dealkylation sites (N-methyl/N-ethyl adjacent to an activating group) is 1. The quantitative estimate of drug-likeness (QED) is 0.743. The molecule has 1 N–H and O–H groups in total. The number of aryl methyl sites for hydroxylation is 2. The van der Waals surface area contributed by atoms with Gasteiger partial charge in [0.15, 0.2) is 5.78 Å². The maximum Gasteiger partial charge on any atom is 0.178 e. The second-order valence-electron chi connectivity index (χ2n) is 4.04. The Kier molecular flexibility index (Phi) is 3.11. The van der Waals surface area contributed by atoms with Crippen molar-refractivity contribution >= 4 is 5.78 Å². The summed E-state index contributed by atoms with van der Waals surface area (Å²) in [5.41, 5.74) is 4.00. The van der Waals surface area contributed by atoms with Crippen LogP contribution in [0.3, 0.4) is 0 Å². The van der Waals surface area contributed by atoms with Crippen LogP contribution in [0.1, 0.15) is 27.3 Å². The lowest BCUT2D eigenvalue weighted by Crippen LogP contribution is -2.22. The molecule has 14 heavy (non-hydrogen) atoms. The molecule has 1 aromatic rings. The van der Waals surface area contributed by atoms with E-state index in [2.05, 4.69) is 4.98 Å². The molecular formula is C11H18N2O. The van der Waals surface area contributed by atoms with Crippen molar-refractivity contribution in [2.75, 3.05) is 20.6 Å². The smallest absolute Gasteiger partial charge is 0.178 e. The normalized spacial score (nSPS) is 11.0. The average molecular weight is 194 g/mol. The largest absolute Gasteiger partial charge is 0.362 e. The van der Waals surface area contributed by atoms with Gasteiger partial charge in [0.25, 0.3) is 0 Å². The maximum atomic E-state index is 11.8. The molecule has 1 heterocycles. The predicted octanol–water partition coefficient (Wildman–Crippen LogP) is 1.68. The van der Waals surface area contributed by atoms with E-state index < -0.39 is 0 Å². The molecule has 0 aromatic carbocycles. The number of rotatable bonds is 3. The number of hydrogen-bond acceptors (Lipinski definition) is 2. The Morgan fingerprint density at radius 1 is 1.21 bits per heavy atom. The minimum absolute atomic E-state index is 0.189. The highest BCUT2D eigenvalue weighted by atomic mass is 16.1. The first-order valence-corrected chi connectivity index (χ1v) is 4.77. The molecule has 0 fully saturated rings. The van der Waals surface area contributed by atoms with Crippen molar-refractivity contribution in [2.45, 2.75) is 20.8 Å². The van der Waals surface area contributed by atoms with E-state index in [9.17, 15) is 4.79 Å².